The number of unbranched alkanes of at least 4 members (excludes halogenated alkanes) is 2. The summed E-state index contributed by atoms with van der Waals surface area (Å²) in [6, 6.07) is 22.5. The Morgan fingerprint density at radius 2 is 1.32 bits per heavy atom. The van der Waals surface area contributed by atoms with Gasteiger partial charge in [-0.15, -0.1) is 0 Å². The van der Waals surface area contributed by atoms with E-state index in [0.29, 0.717) is 0 Å². The number of imidazole rings is 1. The summed E-state index contributed by atoms with van der Waals surface area (Å²) in [5, 5.41) is 0. The van der Waals surface area contributed by atoms with Crippen LogP contribution in [0.4, 0.5) is 0 Å². The minimum Gasteiger partial charge on any atom is -1.00 e. The number of aromatic nitrogens is 2. The molecule has 0 aliphatic heterocycles. The maximum absolute atomic E-state index is 2.47. The van der Waals surface area contributed by atoms with Gasteiger partial charge in [0.05, 0.1) is 0 Å². The zero-order chi connectivity index (χ0) is 21.2. The summed E-state index contributed by atoms with van der Waals surface area (Å²) in [4.78, 5) is 0. The smallest absolute Gasteiger partial charge is 1.00 e. The second-order valence-corrected chi connectivity index (χ2v) is 22.0. The number of halogens is 1. The number of hydrogen-bond acceptors (Lipinski definition) is 0. The van der Waals surface area contributed by atoms with Crippen LogP contribution in [0.15, 0.2) is 73.1 Å². The number of rotatable bonds is 12. The van der Waals surface area contributed by atoms with Crippen LogP contribution >= 0.6 is 0 Å². The van der Waals surface area contributed by atoms with Gasteiger partial charge in [-0.2, -0.15) is 0 Å². The van der Waals surface area contributed by atoms with Gasteiger partial charge < -0.3 is 24.0 Å². The Kier molecular flexibility index (Phi) is 11.6. The van der Waals surface area contributed by atoms with Crippen molar-refractivity contribution in [3.8, 4) is 11.4 Å². The third-order valence-corrected chi connectivity index (χ3v) is 22.2. The Labute approximate surface area is 211 Å². The van der Waals surface area contributed by atoms with Gasteiger partial charge in [0.15, 0.2) is 0 Å². The normalized spacial score (nSPS) is 11.3. The fourth-order valence-electron chi connectivity index (χ4n) is 4.88. The molecule has 31 heavy (non-hydrogen) atoms. The molecule has 0 bridgehead atoms. The van der Waals surface area contributed by atoms with Crippen molar-refractivity contribution in [2.75, 3.05) is 0 Å². The molecule has 0 N–H and O–H groups in total. The average Bonchev–Trinajstić information content (AvgIpc) is 3.16. The average molecular weight is 637 g/mol. The SMILES string of the molecule is CCC[CH2][Sn]([CH2]CCC)([CH2]CCn1cc[n+](C)c1-c1ccccc1)[c]1ccccc1.[I-]. The summed E-state index contributed by atoms with van der Waals surface area (Å²) in [7, 11) is 2.16. The van der Waals surface area contributed by atoms with Crippen LogP contribution in [0.1, 0.15) is 46.0 Å². The number of hydrogen-bond donors (Lipinski definition) is 0. The maximum Gasteiger partial charge on any atom is -1.00 e. The molecule has 2 nitrogen and oxygen atoms in total. The largest absolute Gasteiger partial charge is 1.00 e. The van der Waals surface area contributed by atoms with Crippen LogP contribution in [-0.4, -0.2) is 22.9 Å². The van der Waals surface area contributed by atoms with E-state index < -0.39 is 18.4 Å². The molecule has 2 aromatic carbocycles. The molecule has 1 heterocycles. The fourth-order valence-corrected chi connectivity index (χ4v) is 20.3. The predicted molar refractivity (Wildman–Crippen MR) is 132 cm³/mol. The van der Waals surface area contributed by atoms with Gasteiger partial charge in [0.1, 0.15) is 0 Å². The zero-order valence-corrected chi connectivity index (χ0v) is 24.6. The van der Waals surface area contributed by atoms with Crippen molar-refractivity contribution in [1.82, 2.24) is 4.57 Å². The summed E-state index contributed by atoms with van der Waals surface area (Å²) in [5.41, 5.74) is 1.31. The van der Waals surface area contributed by atoms with Gasteiger partial charge in [-0.1, -0.05) is 0 Å². The van der Waals surface area contributed by atoms with Gasteiger partial charge in [0, 0.05) is 0 Å². The molecule has 3 aromatic rings. The van der Waals surface area contributed by atoms with Crippen molar-refractivity contribution in [1.29, 1.82) is 0 Å². The Hall–Kier alpha value is -0.821. The van der Waals surface area contributed by atoms with Crippen LogP contribution in [0.3, 0.4) is 0 Å². The molecule has 1 aromatic heterocycles. The molecular weight excluding hydrogens is 598 g/mol. The van der Waals surface area contributed by atoms with Crippen LogP contribution in [0.2, 0.25) is 13.3 Å². The van der Waals surface area contributed by atoms with Gasteiger partial charge in [-0.25, -0.2) is 0 Å². The van der Waals surface area contributed by atoms with E-state index in [1.807, 2.05) is 0 Å². The van der Waals surface area contributed by atoms with E-state index in [1.165, 1.54) is 56.8 Å². The molecule has 0 fully saturated rings. The van der Waals surface area contributed by atoms with Gasteiger partial charge in [-0.3, -0.25) is 0 Å². The monoisotopic (exact) mass is 638 g/mol. The van der Waals surface area contributed by atoms with Crippen molar-refractivity contribution in [3.05, 3.63) is 73.1 Å². The molecule has 0 unspecified atom stereocenters. The van der Waals surface area contributed by atoms with Gasteiger partial charge >= 0.3 is 188 Å². The Morgan fingerprint density at radius 1 is 0.774 bits per heavy atom. The molecule has 0 radical (unpaired) electrons. The van der Waals surface area contributed by atoms with Crippen molar-refractivity contribution >= 4 is 22.0 Å². The van der Waals surface area contributed by atoms with Gasteiger partial charge in [-0.05, 0) is 0 Å². The Morgan fingerprint density at radius 3 is 1.90 bits per heavy atom. The summed E-state index contributed by atoms with van der Waals surface area (Å²) in [6.45, 7) is 5.83. The van der Waals surface area contributed by atoms with Crippen LogP contribution in [0, 0.1) is 0 Å². The van der Waals surface area contributed by atoms with Gasteiger partial charge in [0.25, 0.3) is 0 Å². The summed E-state index contributed by atoms with van der Waals surface area (Å²) < 4.78 is 11.0. The van der Waals surface area contributed by atoms with Crippen LogP contribution < -0.4 is 32.1 Å². The summed E-state index contributed by atoms with van der Waals surface area (Å²) >= 11 is -2.40. The molecule has 168 valence electrons. The van der Waals surface area contributed by atoms with E-state index in [9.17, 15) is 0 Å². The quantitative estimate of drug-likeness (QED) is 0.164. The molecule has 0 amide bonds. The van der Waals surface area contributed by atoms with E-state index in [1.54, 1.807) is 3.58 Å². The minimum atomic E-state index is -2.40. The molecule has 0 saturated heterocycles. The fraction of sp³-hybridized carbons (Fsp3) is 0.444. The Balaban J connectivity index is 0.00000341. The molecule has 3 rings (SSSR count). The number of aryl methyl sites for hydroxylation is 2. The van der Waals surface area contributed by atoms with Crippen molar-refractivity contribution < 1.29 is 28.5 Å². The molecule has 0 atom stereocenters. The number of nitrogens with zero attached hydrogens (tertiary/aromatic N) is 2. The second kappa shape index (κ2) is 13.7. The molecule has 0 spiro atoms. The topological polar surface area (TPSA) is 8.81 Å². The van der Waals surface area contributed by atoms with Crippen molar-refractivity contribution in [3.63, 3.8) is 0 Å². The molecule has 0 saturated carbocycles. The molecule has 0 aliphatic rings. The first-order valence-corrected chi connectivity index (χ1v) is 19.3. The minimum absolute atomic E-state index is 0. The first-order chi connectivity index (χ1) is 14.7. The van der Waals surface area contributed by atoms with E-state index >= 15 is 0 Å². The van der Waals surface area contributed by atoms with Crippen molar-refractivity contribution in [2.45, 2.75) is 65.8 Å². The van der Waals surface area contributed by atoms with Crippen LogP contribution in [0.25, 0.3) is 11.4 Å². The second-order valence-electron chi connectivity index (χ2n) is 8.75. The van der Waals surface area contributed by atoms with E-state index in [4.69, 9.17) is 0 Å². The maximum atomic E-state index is 2.47. The van der Waals surface area contributed by atoms with Crippen molar-refractivity contribution in [2.24, 2.45) is 7.05 Å². The number of benzene rings is 2. The zero-order valence-electron chi connectivity index (χ0n) is 19.6. The summed E-state index contributed by atoms with van der Waals surface area (Å²) in [5.74, 6) is 1.32. The Bertz CT molecular complexity index is 869. The van der Waals surface area contributed by atoms with E-state index in [-0.39, 0.29) is 24.0 Å². The molecule has 4 heteroatoms. The predicted octanol–water partition coefficient (Wildman–Crippen LogP) is 3.33. The molecule has 0 aliphatic carbocycles. The van der Waals surface area contributed by atoms with Gasteiger partial charge in [0.2, 0.25) is 0 Å². The third kappa shape index (κ3) is 7.08. The first kappa shape index (κ1) is 26.4. The van der Waals surface area contributed by atoms with E-state index in [2.05, 4.69) is 103 Å². The summed E-state index contributed by atoms with van der Waals surface area (Å²) in [6.07, 6.45) is 11.2. The standard InChI is InChI=1S/C13H16N2.C6H5.2C4H9.HI.Sn/c1-3-9-15-11-10-14(2)13(15)12-7-5-4-6-8-12;1-2-4-6-5-3-1;2*1-3-4-2;;/h4-8,10-11H,1,3,9H2,2H3;1-5H;2*1,3-4H2,2H3;1H;/q+1;;;;;/p-1. The van der Waals surface area contributed by atoms with Crippen LogP contribution in [0.5, 0.6) is 0 Å². The third-order valence-electron chi connectivity index (χ3n) is 6.57. The molecular formula is C27H39IN2Sn. The van der Waals surface area contributed by atoms with E-state index in [0.717, 1.165) is 6.54 Å². The van der Waals surface area contributed by atoms with Crippen LogP contribution in [-0.2, 0) is 13.6 Å². The first-order valence-electron chi connectivity index (χ1n) is 11.9.